The van der Waals surface area contributed by atoms with Gasteiger partial charge in [-0.15, -0.1) is 0 Å². The van der Waals surface area contributed by atoms with Crippen LogP contribution in [-0.2, 0) is 4.79 Å². The number of benzene rings is 2. The highest BCUT2D eigenvalue weighted by molar-refractivity contribution is 5.74. The lowest BCUT2D eigenvalue weighted by atomic mass is 9.76. The summed E-state index contributed by atoms with van der Waals surface area (Å²) in [6.45, 7) is 7.43. The average Bonchev–Trinajstić information content (AvgIpc) is 3.63. The van der Waals surface area contributed by atoms with Crippen molar-refractivity contribution in [3.8, 4) is 22.7 Å². The number of rotatable bonds is 7. The highest BCUT2D eigenvalue weighted by Crippen LogP contribution is 2.43. The molecule has 0 amide bonds. The third kappa shape index (κ3) is 6.37. The molecule has 4 aromatic rings. The minimum atomic E-state index is -4.81. The minimum absolute atomic E-state index is 0.136. The van der Waals surface area contributed by atoms with Crippen LogP contribution in [0.2, 0.25) is 0 Å². The second kappa shape index (κ2) is 11.9. The van der Waals surface area contributed by atoms with E-state index in [4.69, 9.17) is 10.5 Å². The molecular formula is C33H36F3N7O3. The van der Waals surface area contributed by atoms with Crippen LogP contribution in [0.25, 0.3) is 16.8 Å². The Morgan fingerprint density at radius 3 is 2.39 bits per heavy atom. The number of aliphatic carboxylic acids is 1. The van der Waals surface area contributed by atoms with E-state index in [1.165, 1.54) is 16.8 Å². The lowest BCUT2D eigenvalue weighted by Crippen LogP contribution is -2.41. The van der Waals surface area contributed by atoms with E-state index in [0.717, 1.165) is 22.3 Å². The van der Waals surface area contributed by atoms with Gasteiger partial charge < -0.3 is 25.8 Å². The zero-order valence-corrected chi connectivity index (χ0v) is 25.8. The normalized spacial score (nSPS) is 18.6. The van der Waals surface area contributed by atoms with Gasteiger partial charge >= 0.3 is 12.1 Å². The molecule has 2 aliphatic rings. The topological polar surface area (TPSA) is 131 Å². The van der Waals surface area contributed by atoms with E-state index in [1.54, 1.807) is 31.3 Å². The molecule has 2 aromatic carbocycles. The molecule has 2 aromatic heterocycles. The summed E-state index contributed by atoms with van der Waals surface area (Å²) in [5.74, 6) is -1.03. The van der Waals surface area contributed by atoms with Crippen LogP contribution in [0, 0.1) is 26.2 Å². The van der Waals surface area contributed by atoms with Crippen molar-refractivity contribution in [1.82, 2.24) is 25.1 Å². The maximum atomic E-state index is 14.8. The standard InChI is InChI=1S/C33H36F3N7O3/c1-19-4-5-22(14-20(19)2)23-6-7-24(26(15-23)43-11-8-21(3)41-43)29(33(34,35)36)46-28-16-27(39-31(37)40-28)42-12-9-32(10-13-42)17-25(30(44)45)38-18-32/h4-8,11,14-16,25,29,38H,9-10,12-13,17-18H2,1-3H3,(H,44,45)(H2,37,39,40)/t25-,29+/m1/s1. The number of carboxylic acid groups (broad SMARTS) is 1. The van der Waals surface area contributed by atoms with E-state index in [-0.39, 0.29) is 28.5 Å². The van der Waals surface area contributed by atoms with E-state index in [1.807, 2.05) is 36.9 Å². The summed E-state index contributed by atoms with van der Waals surface area (Å²) < 4.78 is 51.6. The summed E-state index contributed by atoms with van der Waals surface area (Å²) in [6, 6.07) is 13.2. The Morgan fingerprint density at radius 1 is 1.04 bits per heavy atom. The first kappa shape index (κ1) is 31.3. The molecule has 0 unspecified atom stereocenters. The van der Waals surface area contributed by atoms with Crippen molar-refractivity contribution in [2.45, 2.75) is 58.4 Å². The predicted molar refractivity (Wildman–Crippen MR) is 167 cm³/mol. The zero-order valence-electron chi connectivity index (χ0n) is 25.8. The number of carbonyl (C=O) groups is 1. The molecule has 10 nitrogen and oxygen atoms in total. The van der Waals surface area contributed by atoms with E-state index in [2.05, 4.69) is 20.4 Å². The van der Waals surface area contributed by atoms with Crippen LogP contribution < -0.4 is 20.7 Å². The van der Waals surface area contributed by atoms with E-state index in [0.29, 0.717) is 50.4 Å². The average molecular weight is 636 g/mol. The fraction of sp³-hybridized carbons (Fsp3) is 0.394. The molecule has 0 radical (unpaired) electrons. The van der Waals surface area contributed by atoms with Crippen LogP contribution in [0.15, 0.2) is 54.7 Å². The number of aryl methyl sites for hydroxylation is 3. The molecule has 2 saturated heterocycles. The zero-order chi connectivity index (χ0) is 32.8. The molecule has 13 heteroatoms. The highest BCUT2D eigenvalue weighted by atomic mass is 19.4. The molecular weight excluding hydrogens is 599 g/mol. The van der Waals surface area contributed by atoms with E-state index in [9.17, 15) is 23.1 Å². The van der Waals surface area contributed by atoms with E-state index < -0.39 is 24.3 Å². The number of hydrogen-bond acceptors (Lipinski definition) is 8. The van der Waals surface area contributed by atoms with Crippen LogP contribution in [0.4, 0.5) is 24.9 Å². The molecule has 2 aliphatic heterocycles. The largest absolute Gasteiger partial charge is 0.480 e. The van der Waals surface area contributed by atoms with Gasteiger partial charge in [0.05, 0.1) is 11.4 Å². The Kier molecular flexibility index (Phi) is 8.13. The summed E-state index contributed by atoms with van der Waals surface area (Å²) >= 11 is 0. The Hall–Kier alpha value is -4.65. The first-order chi connectivity index (χ1) is 21.8. The van der Waals surface area contributed by atoms with Crippen molar-refractivity contribution in [1.29, 1.82) is 0 Å². The van der Waals surface area contributed by atoms with Crippen molar-refractivity contribution in [2.24, 2.45) is 5.41 Å². The quantitative estimate of drug-likeness (QED) is 0.239. The molecule has 2 atom stereocenters. The number of carboxylic acids is 1. The molecule has 46 heavy (non-hydrogen) atoms. The maximum absolute atomic E-state index is 14.8. The number of nitrogen functional groups attached to an aromatic ring is 1. The van der Waals surface area contributed by atoms with Gasteiger partial charge in [0.1, 0.15) is 11.9 Å². The van der Waals surface area contributed by atoms with Crippen LogP contribution >= 0.6 is 0 Å². The summed E-state index contributed by atoms with van der Waals surface area (Å²) in [4.78, 5) is 21.7. The third-order valence-corrected chi connectivity index (χ3v) is 9.17. The number of halogens is 3. The van der Waals surface area contributed by atoms with Gasteiger partial charge in [-0.25, -0.2) is 4.68 Å². The van der Waals surface area contributed by atoms with Gasteiger partial charge in [-0.3, -0.25) is 4.79 Å². The first-order valence-corrected chi connectivity index (χ1v) is 15.1. The lowest BCUT2D eigenvalue weighted by molar-refractivity contribution is -0.198. The Bertz CT molecular complexity index is 1770. The molecule has 0 bridgehead atoms. The van der Waals surface area contributed by atoms with Crippen molar-refractivity contribution in [3.05, 3.63) is 77.1 Å². The van der Waals surface area contributed by atoms with Crippen LogP contribution in [0.1, 0.15) is 47.8 Å². The van der Waals surface area contributed by atoms with Crippen LogP contribution in [0.3, 0.4) is 0 Å². The second-order valence-corrected chi connectivity index (χ2v) is 12.4. The van der Waals surface area contributed by atoms with Crippen molar-refractivity contribution in [3.63, 3.8) is 0 Å². The fourth-order valence-electron chi connectivity index (χ4n) is 6.38. The minimum Gasteiger partial charge on any atom is -0.480 e. The summed E-state index contributed by atoms with van der Waals surface area (Å²) in [7, 11) is 0. The number of ether oxygens (including phenoxy) is 1. The van der Waals surface area contributed by atoms with Crippen LogP contribution in [0.5, 0.6) is 5.88 Å². The Labute approximate surface area is 264 Å². The van der Waals surface area contributed by atoms with Gasteiger partial charge in [-0.1, -0.05) is 30.3 Å². The SMILES string of the molecule is Cc1ccn(-c2cc(-c3ccc(C)c(C)c3)ccc2[C@H](Oc2cc(N3CCC4(CC3)CN[C@@H](C(=O)O)C4)nc(N)n2)C(F)(F)F)n1. The van der Waals surface area contributed by atoms with Gasteiger partial charge in [0.2, 0.25) is 17.9 Å². The number of nitrogens with zero attached hydrogens (tertiary/aromatic N) is 5. The Morgan fingerprint density at radius 2 is 1.76 bits per heavy atom. The second-order valence-electron chi connectivity index (χ2n) is 12.4. The third-order valence-electron chi connectivity index (χ3n) is 9.17. The van der Waals surface area contributed by atoms with E-state index >= 15 is 0 Å². The molecule has 0 aliphatic carbocycles. The number of piperidine rings is 1. The summed E-state index contributed by atoms with van der Waals surface area (Å²) in [5, 5.41) is 16.9. The number of hydrogen-bond donors (Lipinski definition) is 3. The van der Waals surface area contributed by atoms with Gasteiger partial charge in [-0.2, -0.15) is 28.2 Å². The summed E-state index contributed by atoms with van der Waals surface area (Å²) in [6.07, 6.45) is -3.64. The summed E-state index contributed by atoms with van der Waals surface area (Å²) in [5.41, 5.74) is 10.4. The fourth-order valence-corrected chi connectivity index (χ4v) is 6.38. The van der Waals surface area contributed by atoms with Gasteiger partial charge in [0.25, 0.3) is 0 Å². The first-order valence-electron chi connectivity index (χ1n) is 15.1. The molecule has 4 heterocycles. The van der Waals surface area contributed by atoms with Gasteiger partial charge in [0, 0.05) is 37.5 Å². The number of nitrogens with one attached hydrogen (secondary N) is 1. The smallest absolute Gasteiger partial charge is 0.429 e. The number of alkyl halides is 3. The van der Waals surface area contributed by atoms with Gasteiger partial charge in [-0.05, 0) is 79.8 Å². The molecule has 4 N–H and O–H groups in total. The molecule has 6 rings (SSSR count). The molecule has 1 spiro atoms. The van der Waals surface area contributed by atoms with Gasteiger partial charge in [0.15, 0.2) is 0 Å². The Balaban J connectivity index is 1.31. The highest BCUT2D eigenvalue weighted by Gasteiger charge is 2.46. The number of anilines is 2. The van der Waals surface area contributed by atoms with Crippen molar-refractivity contribution >= 4 is 17.7 Å². The van der Waals surface area contributed by atoms with Crippen molar-refractivity contribution in [2.75, 3.05) is 30.3 Å². The number of nitrogens with two attached hydrogens (primary N) is 1. The molecule has 242 valence electrons. The molecule has 2 fully saturated rings. The predicted octanol–water partition coefficient (Wildman–Crippen LogP) is 5.55. The number of aromatic nitrogens is 4. The lowest BCUT2D eigenvalue weighted by Gasteiger charge is -2.39. The monoisotopic (exact) mass is 635 g/mol. The van der Waals surface area contributed by atoms with Crippen LogP contribution in [-0.4, -0.2) is 62.7 Å². The van der Waals surface area contributed by atoms with Crippen molar-refractivity contribution < 1.29 is 27.8 Å². The maximum Gasteiger partial charge on any atom is 0.429 e. The molecule has 0 saturated carbocycles.